The van der Waals surface area contributed by atoms with Crippen molar-refractivity contribution in [1.82, 2.24) is 4.98 Å². The van der Waals surface area contributed by atoms with Crippen LogP contribution in [0.15, 0.2) is 36.2 Å². The fourth-order valence-electron chi connectivity index (χ4n) is 8.92. The summed E-state index contributed by atoms with van der Waals surface area (Å²) in [5.74, 6) is 3.40. The molecule has 6 rings (SSSR count). The normalized spacial score (nSPS) is 49.6. The Bertz CT molecular complexity index is 909. The number of epoxide rings is 1. The molecule has 8 atom stereocenters. The van der Waals surface area contributed by atoms with Gasteiger partial charge < -0.3 is 4.74 Å². The molecule has 3 nitrogen and oxygen atoms in total. The van der Waals surface area contributed by atoms with Gasteiger partial charge in [0.1, 0.15) is 11.7 Å². The minimum atomic E-state index is -0.0275. The van der Waals surface area contributed by atoms with Crippen molar-refractivity contribution in [2.45, 2.75) is 83.8 Å². The molecule has 0 N–H and O–H groups in total. The largest absolute Gasteiger partial charge is 0.361 e. The number of rotatable bonds is 2. The van der Waals surface area contributed by atoms with Crippen molar-refractivity contribution in [3.8, 4) is 0 Å². The maximum absolute atomic E-state index is 12.1. The molecule has 0 unspecified atom stereocenters. The highest BCUT2D eigenvalue weighted by Crippen LogP contribution is 2.71. The summed E-state index contributed by atoms with van der Waals surface area (Å²) in [4.78, 5) is 16.4. The summed E-state index contributed by atoms with van der Waals surface area (Å²) in [6.45, 7) is 7.45. The first-order valence-electron chi connectivity index (χ1n) is 12.2. The zero-order valence-electron chi connectivity index (χ0n) is 18.7. The first-order chi connectivity index (χ1) is 14.4. The maximum atomic E-state index is 12.1. The Kier molecular flexibility index (Phi) is 4.02. The Hall–Kier alpha value is -1.48. The van der Waals surface area contributed by atoms with E-state index in [9.17, 15) is 4.79 Å². The zero-order valence-corrected chi connectivity index (χ0v) is 18.7. The number of carbonyl (C=O) groups excluding carboxylic acids is 1. The van der Waals surface area contributed by atoms with Crippen LogP contribution in [0.3, 0.4) is 0 Å². The lowest BCUT2D eigenvalue weighted by atomic mass is 9.46. The highest BCUT2D eigenvalue weighted by atomic mass is 16.6. The van der Waals surface area contributed by atoms with Gasteiger partial charge in [0.15, 0.2) is 5.78 Å². The van der Waals surface area contributed by atoms with E-state index < -0.39 is 0 Å². The smallest absolute Gasteiger partial charge is 0.155 e. The van der Waals surface area contributed by atoms with Gasteiger partial charge in [0.25, 0.3) is 0 Å². The van der Waals surface area contributed by atoms with Crippen LogP contribution in [0.2, 0.25) is 0 Å². The summed E-state index contributed by atoms with van der Waals surface area (Å²) in [6, 6.07) is 4.21. The molecule has 4 aliphatic carbocycles. The zero-order chi connectivity index (χ0) is 20.7. The molecule has 1 saturated heterocycles. The quantitative estimate of drug-likeness (QED) is 0.562. The van der Waals surface area contributed by atoms with E-state index in [2.05, 4.69) is 31.8 Å². The Morgan fingerprint density at radius 2 is 1.90 bits per heavy atom. The Balaban J connectivity index is 1.28. The molecule has 0 bridgehead atoms. The van der Waals surface area contributed by atoms with Crippen LogP contribution in [-0.4, -0.2) is 16.4 Å². The van der Waals surface area contributed by atoms with E-state index in [1.54, 1.807) is 0 Å². The molecule has 1 aliphatic heterocycles. The predicted octanol–water partition coefficient (Wildman–Crippen LogP) is 6.06. The highest BCUT2D eigenvalue weighted by Gasteiger charge is 2.68. The van der Waals surface area contributed by atoms with Crippen LogP contribution in [0, 0.1) is 34.5 Å². The van der Waals surface area contributed by atoms with E-state index in [0.29, 0.717) is 17.1 Å². The molecule has 1 aromatic heterocycles. The molecular formula is C27H35NO2. The summed E-state index contributed by atoms with van der Waals surface area (Å²) in [6.07, 6.45) is 15.7. The second-order valence-electron chi connectivity index (χ2n) is 11.6. The standard InChI is InChI=1S/C27H35NO2/c1-25-12-10-19(29)15-18(25)6-7-20-21-8-9-23(26(21,2)13-11-22(20)25)27(3)24(30-27)17-5-4-14-28-16-17/h4-5,14-16,20-24H,6-13H2,1-3H3/t20-,21-,22-,23-,24+,25-,26-,27-/m0/s1. The molecule has 2 heterocycles. The lowest BCUT2D eigenvalue weighted by Crippen LogP contribution is -2.51. The van der Waals surface area contributed by atoms with Crippen LogP contribution in [-0.2, 0) is 9.53 Å². The van der Waals surface area contributed by atoms with E-state index in [1.165, 1.54) is 43.2 Å². The van der Waals surface area contributed by atoms with Gasteiger partial charge in [0.05, 0.1) is 0 Å². The fourth-order valence-corrected chi connectivity index (χ4v) is 8.92. The molecule has 0 amide bonds. The van der Waals surface area contributed by atoms with E-state index in [4.69, 9.17) is 4.74 Å². The molecule has 30 heavy (non-hydrogen) atoms. The van der Waals surface area contributed by atoms with Gasteiger partial charge in [-0.1, -0.05) is 25.5 Å². The van der Waals surface area contributed by atoms with Crippen molar-refractivity contribution in [2.24, 2.45) is 34.5 Å². The van der Waals surface area contributed by atoms with Gasteiger partial charge in [-0.15, -0.1) is 0 Å². The van der Waals surface area contributed by atoms with Crippen LogP contribution < -0.4 is 0 Å². The maximum Gasteiger partial charge on any atom is 0.155 e. The van der Waals surface area contributed by atoms with Gasteiger partial charge in [-0.3, -0.25) is 9.78 Å². The van der Waals surface area contributed by atoms with Crippen LogP contribution in [0.25, 0.3) is 0 Å². The first kappa shape index (κ1) is 19.2. The fraction of sp³-hybridized carbons (Fsp3) is 0.704. The molecule has 160 valence electrons. The average molecular weight is 406 g/mol. The van der Waals surface area contributed by atoms with Crippen molar-refractivity contribution in [3.63, 3.8) is 0 Å². The molecule has 3 saturated carbocycles. The number of hydrogen-bond donors (Lipinski definition) is 0. The van der Waals surface area contributed by atoms with Crippen LogP contribution in [0.1, 0.15) is 83.8 Å². The lowest BCUT2D eigenvalue weighted by Gasteiger charge is -2.58. The predicted molar refractivity (Wildman–Crippen MR) is 117 cm³/mol. The number of fused-ring (bicyclic) bond motifs is 5. The number of nitrogens with zero attached hydrogens (tertiary/aromatic N) is 1. The Morgan fingerprint density at radius 1 is 1.03 bits per heavy atom. The Labute approximate surface area is 180 Å². The molecule has 1 aromatic rings. The molecule has 0 spiro atoms. The summed E-state index contributed by atoms with van der Waals surface area (Å²) in [5.41, 5.74) is 3.35. The van der Waals surface area contributed by atoms with Crippen LogP contribution >= 0.6 is 0 Å². The molecular weight excluding hydrogens is 370 g/mol. The lowest BCUT2D eigenvalue weighted by molar-refractivity contribution is -0.117. The molecule has 4 fully saturated rings. The number of allylic oxidation sites excluding steroid dienone is 1. The molecule has 5 aliphatic rings. The third kappa shape index (κ3) is 2.48. The average Bonchev–Trinajstić information content (AvgIpc) is 3.29. The SMILES string of the molecule is C[C@]12CC[C@H]3[C@@H](CCC4=CC(=O)CC[C@@]43C)[C@@H]1CC[C@@H]2[C@]1(C)O[C@@H]1c1cccnc1. The van der Waals surface area contributed by atoms with Crippen LogP contribution in [0.5, 0.6) is 0 Å². The molecule has 0 aromatic carbocycles. The topological polar surface area (TPSA) is 42.5 Å². The Morgan fingerprint density at radius 3 is 2.70 bits per heavy atom. The van der Waals surface area contributed by atoms with Gasteiger partial charge in [-0.05, 0) is 98.5 Å². The van der Waals surface area contributed by atoms with Gasteiger partial charge in [-0.2, -0.15) is 0 Å². The van der Waals surface area contributed by atoms with Crippen molar-refractivity contribution >= 4 is 5.78 Å². The van der Waals surface area contributed by atoms with Gasteiger partial charge in [0, 0.05) is 24.4 Å². The summed E-state index contributed by atoms with van der Waals surface area (Å²) in [7, 11) is 0. The van der Waals surface area contributed by atoms with E-state index in [1.807, 2.05) is 24.5 Å². The van der Waals surface area contributed by atoms with E-state index in [0.717, 1.165) is 37.0 Å². The number of carbonyl (C=O) groups is 1. The third-order valence-electron chi connectivity index (χ3n) is 10.5. The third-order valence-corrected chi connectivity index (χ3v) is 10.5. The number of ether oxygens (including phenoxy) is 1. The monoisotopic (exact) mass is 405 g/mol. The van der Waals surface area contributed by atoms with E-state index >= 15 is 0 Å². The van der Waals surface area contributed by atoms with Crippen molar-refractivity contribution in [2.75, 3.05) is 0 Å². The summed E-state index contributed by atoms with van der Waals surface area (Å²) < 4.78 is 6.46. The number of pyridine rings is 1. The van der Waals surface area contributed by atoms with Crippen molar-refractivity contribution in [1.29, 1.82) is 0 Å². The van der Waals surface area contributed by atoms with Gasteiger partial charge in [-0.25, -0.2) is 0 Å². The summed E-state index contributed by atoms with van der Waals surface area (Å²) in [5, 5.41) is 0. The highest BCUT2D eigenvalue weighted by molar-refractivity contribution is 5.91. The number of aromatic nitrogens is 1. The number of hydrogen-bond acceptors (Lipinski definition) is 3. The minimum Gasteiger partial charge on any atom is -0.361 e. The molecule has 3 heteroatoms. The first-order valence-corrected chi connectivity index (χ1v) is 12.2. The molecule has 0 radical (unpaired) electrons. The van der Waals surface area contributed by atoms with Crippen LogP contribution in [0.4, 0.5) is 0 Å². The minimum absolute atomic E-state index is 0.0275. The van der Waals surface area contributed by atoms with Crippen molar-refractivity contribution in [3.05, 3.63) is 41.7 Å². The van der Waals surface area contributed by atoms with Crippen molar-refractivity contribution < 1.29 is 9.53 Å². The van der Waals surface area contributed by atoms with E-state index in [-0.39, 0.29) is 17.1 Å². The summed E-state index contributed by atoms with van der Waals surface area (Å²) >= 11 is 0. The van der Waals surface area contributed by atoms with Gasteiger partial charge in [0.2, 0.25) is 0 Å². The second kappa shape index (κ2) is 6.28. The number of ketones is 1. The second-order valence-corrected chi connectivity index (χ2v) is 11.6. The van der Waals surface area contributed by atoms with Gasteiger partial charge >= 0.3 is 0 Å².